The summed E-state index contributed by atoms with van der Waals surface area (Å²) in [4.78, 5) is 18.6. The molecule has 7 nitrogen and oxygen atoms in total. The number of guanidine groups is 1. The van der Waals surface area contributed by atoms with Crippen molar-refractivity contribution in [1.82, 2.24) is 20.9 Å². The molecule has 1 saturated heterocycles. The molecule has 0 spiro atoms. The van der Waals surface area contributed by atoms with Crippen molar-refractivity contribution in [2.45, 2.75) is 38.1 Å². The summed E-state index contributed by atoms with van der Waals surface area (Å²) in [6.07, 6.45) is 3.03. The molecule has 2 aliphatic rings. The Morgan fingerprint density at radius 3 is 2.72 bits per heavy atom. The van der Waals surface area contributed by atoms with Crippen molar-refractivity contribution in [3.05, 3.63) is 29.8 Å². The van der Waals surface area contributed by atoms with Crippen LogP contribution in [0.1, 0.15) is 37.7 Å². The molecule has 3 N–H and O–H groups in total. The molecule has 8 heteroatoms. The number of nitrogens with zero attached hydrogens (tertiary/aromatic N) is 2. The second-order valence-electron chi connectivity index (χ2n) is 7.46. The monoisotopic (exact) mass is 515 g/mol. The van der Waals surface area contributed by atoms with Gasteiger partial charge in [-0.3, -0.25) is 14.7 Å². The fraction of sp³-hybridized carbons (Fsp3) is 0.619. The standard InChI is InChI=1S/C21H33N5O2.HI/c1-3-23-21(25-17-8-11-26(12-9-17)15-20(27)22-2)24-14-16-10-13-28-19-7-5-4-6-18(16)19;/h4-7,16-17H,3,8-15H2,1-2H3,(H,22,27)(H2,23,24,25);1H. The lowest BCUT2D eigenvalue weighted by Crippen LogP contribution is -2.50. The van der Waals surface area contributed by atoms with E-state index in [1.54, 1.807) is 7.05 Å². The van der Waals surface area contributed by atoms with Crippen LogP contribution in [0.4, 0.5) is 0 Å². The largest absolute Gasteiger partial charge is 0.493 e. The number of halogens is 1. The molecule has 2 aliphatic heterocycles. The number of hydrogen-bond donors (Lipinski definition) is 3. The van der Waals surface area contributed by atoms with Crippen LogP contribution in [0.5, 0.6) is 5.75 Å². The first kappa shape index (κ1) is 23.7. The number of carbonyl (C=O) groups excluding carboxylic acids is 1. The molecule has 29 heavy (non-hydrogen) atoms. The van der Waals surface area contributed by atoms with Crippen LogP contribution in [0.15, 0.2) is 29.3 Å². The fourth-order valence-electron chi connectivity index (χ4n) is 3.84. The zero-order valence-corrected chi connectivity index (χ0v) is 19.8. The van der Waals surface area contributed by atoms with Crippen molar-refractivity contribution in [3.63, 3.8) is 0 Å². The molecule has 1 atom stereocenters. The summed E-state index contributed by atoms with van der Waals surface area (Å²) >= 11 is 0. The molecule has 0 aliphatic carbocycles. The number of ether oxygens (including phenoxy) is 1. The van der Waals surface area contributed by atoms with Crippen LogP contribution in [0.3, 0.4) is 0 Å². The molecule has 2 heterocycles. The maximum atomic E-state index is 11.5. The van der Waals surface area contributed by atoms with Gasteiger partial charge in [0.15, 0.2) is 5.96 Å². The number of piperidine rings is 1. The van der Waals surface area contributed by atoms with Gasteiger partial charge in [0, 0.05) is 45.2 Å². The number of hydrogen-bond acceptors (Lipinski definition) is 4. The molecule has 1 aromatic carbocycles. The molecule has 162 valence electrons. The van der Waals surface area contributed by atoms with Gasteiger partial charge in [-0.1, -0.05) is 18.2 Å². The molecule has 0 radical (unpaired) electrons. The first-order chi connectivity index (χ1) is 13.7. The smallest absolute Gasteiger partial charge is 0.233 e. The van der Waals surface area contributed by atoms with E-state index in [9.17, 15) is 4.79 Å². The zero-order chi connectivity index (χ0) is 19.8. The minimum Gasteiger partial charge on any atom is -0.493 e. The average Bonchev–Trinajstić information content (AvgIpc) is 2.73. The Morgan fingerprint density at radius 1 is 1.24 bits per heavy atom. The minimum atomic E-state index is 0. The summed E-state index contributed by atoms with van der Waals surface area (Å²) < 4.78 is 5.76. The third-order valence-corrected chi connectivity index (χ3v) is 5.47. The zero-order valence-electron chi connectivity index (χ0n) is 17.4. The van der Waals surface area contributed by atoms with E-state index in [1.165, 1.54) is 5.56 Å². The molecular formula is C21H34IN5O2. The summed E-state index contributed by atoms with van der Waals surface area (Å²) in [6, 6.07) is 8.67. The molecule has 1 amide bonds. The van der Waals surface area contributed by atoms with Gasteiger partial charge in [-0.25, -0.2) is 0 Å². The minimum absolute atomic E-state index is 0. The quantitative estimate of drug-likeness (QED) is 0.307. The number of benzene rings is 1. The maximum Gasteiger partial charge on any atom is 0.233 e. The molecular weight excluding hydrogens is 481 g/mol. The molecule has 0 bridgehead atoms. The maximum absolute atomic E-state index is 11.5. The number of amides is 1. The van der Waals surface area contributed by atoms with E-state index in [1.807, 2.05) is 12.1 Å². The highest BCUT2D eigenvalue weighted by Gasteiger charge is 2.23. The van der Waals surface area contributed by atoms with Crippen LogP contribution >= 0.6 is 24.0 Å². The third-order valence-electron chi connectivity index (χ3n) is 5.47. The molecule has 1 fully saturated rings. The van der Waals surface area contributed by atoms with Crippen LogP contribution in [-0.4, -0.2) is 69.2 Å². The number of aliphatic imine (C=N–C) groups is 1. The normalized spacial score (nSPS) is 20.1. The topological polar surface area (TPSA) is 78.0 Å². The van der Waals surface area contributed by atoms with E-state index in [0.717, 1.165) is 63.8 Å². The summed E-state index contributed by atoms with van der Waals surface area (Å²) in [5, 5.41) is 9.66. The van der Waals surface area contributed by atoms with Crippen LogP contribution in [0, 0.1) is 0 Å². The second-order valence-corrected chi connectivity index (χ2v) is 7.46. The van der Waals surface area contributed by atoms with Gasteiger partial charge in [0.05, 0.1) is 13.2 Å². The SMILES string of the molecule is CCNC(=NCC1CCOc2ccccc21)NC1CCN(CC(=O)NC)CC1.I. The Hall–Kier alpha value is -1.55. The van der Waals surface area contributed by atoms with Gasteiger partial charge in [-0.15, -0.1) is 24.0 Å². The number of rotatable bonds is 6. The third kappa shape index (κ3) is 7.02. The average molecular weight is 515 g/mol. The first-order valence-corrected chi connectivity index (χ1v) is 10.4. The summed E-state index contributed by atoms with van der Waals surface area (Å²) in [6.45, 7) is 6.78. The lowest BCUT2D eigenvalue weighted by atomic mass is 9.93. The number of para-hydroxylation sites is 1. The van der Waals surface area contributed by atoms with Gasteiger partial charge in [0.2, 0.25) is 5.91 Å². The van der Waals surface area contributed by atoms with Crippen molar-refractivity contribution in [3.8, 4) is 5.75 Å². The van der Waals surface area contributed by atoms with Gasteiger partial charge < -0.3 is 20.7 Å². The van der Waals surface area contributed by atoms with E-state index in [-0.39, 0.29) is 29.9 Å². The lowest BCUT2D eigenvalue weighted by Gasteiger charge is -2.32. The summed E-state index contributed by atoms with van der Waals surface area (Å²) in [5.41, 5.74) is 1.26. The van der Waals surface area contributed by atoms with Gasteiger partial charge in [-0.05, 0) is 37.8 Å². The number of likely N-dealkylation sites (tertiary alicyclic amines) is 1. The van der Waals surface area contributed by atoms with Gasteiger partial charge in [0.1, 0.15) is 5.75 Å². The van der Waals surface area contributed by atoms with Crippen molar-refractivity contribution >= 4 is 35.8 Å². The number of likely N-dealkylation sites (N-methyl/N-ethyl adjacent to an activating group) is 1. The first-order valence-electron chi connectivity index (χ1n) is 10.4. The van der Waals surface area contributed by atoms with Crippen LogP contribution in [0.2, 0.25) is 0 Å². The van der Waals surface area contributed by atoms with Crippen molar-refractivity contribution in [2.24, 2.45) is 4.99 Å². The van der Waals surface area contributed by atoms with E-state index < -0.39 is 0 Å². The van der Waals surface area contributed by atoms with E-state index in [2.05, 4.69) is 39.9 Å². The van der Waals surface area contributed by atoms with Gasteiger partial charge >= 0.3 is 0 Å². The Bertz CT molecular complexity index is 677. The Kier molecular flexibility index (Phi) is 9.99. The Balaban J connectivity index is 0.00000300. The van der Waals surface area contributed by atoms with Crippen molar-refractivity contribution in [2.75, 3.05) is 46.4 Å². The van der Waals surface area contributed by atoms with Crippen molar-refractivity contribution in [1.29, 1.82) is 0 Å². The molecule has 0 aromatic heterocycles. The second kappa shape index (κ2) is 12.2. The number of carbonyl (C=O) groups is 1. The van der Waals surface area contributed by atoms with E-state index in [0.29, 0.717) is 18.5 Å². The Morgan fingerprint density at radius 2 is 2.00 bits per heavy atom. The molecule has 1 aromatic rings. The Labute approximate surface area is 191 Å². The lowest BCUT2D eigenvalue weighted by molar-refractivity contribution is -0.122. The van der Waals surface area contributed by atoms with Crippen LogP contribution in [-0.2, 0) is 4.79 Å². The number of nitrogens with one attached hydrogen (secondary N) is 3. The van der Waals surface area contributed by atoms with Crippen LogP contribution in [0.25, 0.3) is 0 Å². The highest BCUT2D eigenvalue weighted by molar-refractivity contribution is 14.0. The van der Waals surface area contributed by atoms with Gasteiger partial charge in [-0.2, -0.15) is 0 Å². The van der Waals surface area contributed by atoms with E-state index >= 15 is 0 Å². The van der Waals surface area contributed by atoms with Crippen LogP contribution < -0.4 is 20.7 Å². The van der Waals surface area contributed by atoms with Gasteiger partial charge in [0.25, 0.3) is 0 Å². The van der Waals surface area contributed by atoms with E-state index in [4.69, 9.17) is 9.73 Å². The highest BCUT2D eigenvalue weighted by Crippen LogP contribution is 2.33. The summed E-state index contributed by atoms with van der Waals surface area (Å²) in [7, 11) is 1.69. The predicted octanol–water partition coefficient (Wildman–Crippen LogP) is 1.94. The fourth-order valence-corrected chi connectivity index (χ4v) is 3.84. The number of fused-ring (bicyclic) bond motifs is 1. The molecule has 3 rings (SSSR count). The highest BCUT2D eigenvalue weighted by atomic mass is 127. The summed E-state index contributed by atoms with van der Waals surface area (Å²) in [5.74, 6) is 2.36. The predicted molar refractivity (Wildman–Crippen MR) is 127 cm³/mol. The molecule has 0 saturated carbocycles. The molecule has 1 unspecified atom stereocenters. The van der Waals surface area contributed by atoms with Crippen molar-refractivity contribution < 1.29 is 9.53 Å².